The summed E-state index contributed by atoms with van der Waals surface area (Å²) in [6, 6.07) is 2.18. The Balaban J connectivity index is 1.62. The first-order chi connectivity index (χ1) is 10.6. The molecule has 0 unspecified atom stereocenters. The summed E-state index contributed by atoms with van der Waals surface area (Å²) < 4.78 is 3.83. The molecule has 2 atom stereocenters. The lowest BCUT2D eigenvalue weighted by Gasteiger charge is -2.34. The summed E-state index contributed by atoms with van der Waals surface area (Å²) in [6.07, 6.45) is 9.69. The predicted octanol–water partition coefficient (Wildman–Crippen LogP) is 1.89. The smallest absolute Gasteiger partial charge is 0.227 e. The number of amides is 1. The van der Waals surface area contributed by atoms with E-state index in [1.54, 1.807) is 6.20 Å². The van der Waals surface area contributed by atoms with Gasteiger partial charge in [-0.25, -0.2) is 0 Å². The fourth-order valence-corrected chi connectivity index (χ4v) is 3.08. The lowest BCUT2D eigenvalue weighted by molar-refractivity contribution is -0.137. The molecule has 6 nitrogen and oxygen atoms in total. The Morgan fingerprint density at radius 2 is 2.32 bits per heavy atom. The zero-order valence-electron chi connectivity index (χ0n) is 13.2. The van der Waals surface area contributed by atoms with Crippen LogP contribution in [0.2, 0.25) is 0 Å². The molecule has 1 aliphatic rings. The van der Waals surface area contributed by atoms with Crippen LogP contribution < -0.4 is 0 Å². The highest BCUT2D eigenvalue weighted by Crippen LogP contribution is 2.22. The second-order valence-electron chi connectivity index (χ2n) is 6.21. The first-order valence-corrected chi connectivity index (χ1v) is 7.90. The number of carbonyl (C=O) groups is 1. The van der Waals surface area contributed by atoms with E-state index in [4.69, 9.17) is 0 Å². The van der Waals surface area contributed by atoms with Gasteiger partial charge in [-0.1, -0.05) is 6.92 Å². The van der Waals surface area contributed by atoms with Gasteiger partial charge in [-0.2, -0.15) is 10.2 Å². The average Bonchev–Trinajstić information content (AvgIpc) is 3.18. The van der Waals surface area contributed by atoms with Crippen molar-refractivity contribution < 1.29 is 4.79 Å². The van der Waals surface area contributed by atoms with Crippen LogP contribution in [0.4, 0.5) is 0 Å². The molecule has 2 aromatic rings. The van der Waals surface area contributed by atoms with E-state index in [0.717, 1.165) is 31.5 Å². The van der Waals surface area contributed by atoms with Crippen LogP contribution in [0.25, 0.3) is 0 Å². The maximum atomic E-state index is 12.7. The highest BCUT2D eigenvalue weighted by Gasteiger charge is 2.28. The molecule has 0 bridgehead atoms. The van der Waals surface area contributed by atoms with E-state index < -0.39 is 0 Å². The lowest BCUT2D eigenvalue weighted by atomic mass is 10.0. The first-order valence-electron chi connectivity index (χ1n) is 7.90. The molecule has 118 valence electrons. The molecule has 0 N–H and O–H groups in total. The Morgan fingerprint density at radius 1 is 1.45 bits per heavy atom. The molecule has 3 heterocycles. The van der Waals surface area contributed by atoms with Gasteiger partial charge in [0.05, 0.1) is 24.7 Å². The molecule has 1 amide bonds. The highest BCUT2D eigenvalue weighted by molar-refractivity contribution is 5.78. The van der Waals surface area contributed by atoms with Gasteiger partial charge in [-0.3, -0.25) is 14.2 Å². The summed E-state index contributed by atoms with van der Waals surface area (Å²) in [7, 11) is 0. The quantitative estimate of drug-likeness (QED) is 0.866. The largest absolute Gasteiger partial charge is 0.340 e. The Hall–Kier alpha value is -2.11. The molecule has 1 saturated heterocycles. The van der Waals surface area contributed by atoms with Gasteiger partial charge >= 0.3 is 0 Å². The van der Waals surface area contributed by atoms with E-state index in [1.165, 1.54) is 0 Å². The summed E-state index contributed by atoms with van der Waals surface area (Å²) in [5.74, 6) is 0.155. The number of aromatic nitrogens is 4. The molecule has 3 rings (SSSR count). The summed E-state index contributed by atoms with van der Waals surface area (Å²) in [4.78, 5) is 14.6. The van der Waals surface area contributed by atoms with Crippen molar-refractivity contribution in [2.24, 2.45) is 5.92 Å². The van der Waals surface area contributed by atoms with E-state index >= 15 is 0 Å². The maximum Gasteiger partial charge on any atom is 0.227 e. The van der Waals surface area contributed by atoms with Crippen molar-refractivity contribution in [2.45, 2.75) is 39.3 Å². The molecule has 0 spiro atoms. The van der Waals surface area contributed by atoms with Crippen molar-refractivity contribution in [3.05, 3.63) is 36.4 Å². The van der Waals surface area contributed by atoms with E-state index in [-0.39, 0.29) is 11.8 Å². The van der Waals surface area contributed by atoms with Crippen LogP contribution in [-0.4, -0.2) is 43.5 Å². The molecule has 1 fully saturated rings. The van der Waals surface area contributed by atoms with Crippen molar-refractivity contribution in [3.8, 4) is 0 Å². The summed E-state index contributed by atoms with van der Waals surface area (Å²) in [5, 5.41) is 8.58. The standard InChI is InChI=1S/C16H23N5O/c1-13-9-18-21(10-13)15-5-3-7-19(12-15)16(22)14(2)11-20-8-4-6-17-20/h4,6,8-10,14-15H,3,5,7,11-12H2,1-2H3/t14-,15+/m1/s1. The molecule has 6 heteroatoms. The van der Waals surface area contributed by atoms with Crippen molar-refractivity contribution >= 4 is 5.91 Å². The normalized spacial score (nSPS) is 20.1. The van der Waals surface area contributed by atoms with E-state index in [2.05, 4.69) is 16.4 Å². The molecular weight excluding hydrogens is 278 g/mol. The zero-order chi connectivity index (χ0) is 15.5. The number of nitrogens with zero attached hydrogens (tertiary/aromatic N) is 5. The zero-order valence-corrected chi connectivity index (χ0v) is 13.2. The van der Waals surface area contributed by atoms with Crippen LogP contribution in [0, 0.1) is 12.8 Å². The van der Waals surface area contributed by atoms with Crippen LogP contribution in [0.5, 0.6) is 0 Å². The summed E-state index contributed by atoms with van der Waals surface area (Å²) >= 11 is 0. The van der Waals surface area contributed by atoms with Gasteiger partial charge in [0.25, 0.3) is 0 Å². The molecule has 2 aromatic heterocycles. The number of likely N-dealkylation sites (tertiary alicyclic amines) is 1. The van der Waals surface area contributed by atoms with Crippen molar-refractivity contribution in [1.29, 1.82) is 0 Å². The number of rotatable bonds is 4. The predicted molar refractivity (Wildman–Crippen MR) is 83.2 cm³/mol. The summed E-state index contributed by atoms with van der Waals surface area (Å²) in [6.45, 7) is 6.25. The third kappa shape index (κ3) is 3.21. The van der Waals surface area contributed by atoms with Gasteiger partial charge in [0.2, 0.25) is 5.91 Å². The number of piperidine rings is 1. The second-order valence-corrected chi connectivity index (χ2v) is 6.21. The summed E-state index contributed by atoms with van der Waals surface area (Å²) in [5.41, 5.74) is 1.16. The lowest BCUT2D eigenvalue weighted by Crippen LogP contribution is -2.44. The second kappa shape index (κ2) is 6.34. The van der Waals surface area contributed by atoms with Gasteiger partial charge in [-0.15, -0.1) is 0 Å². The van der Waals surface area contributed by atoms with Gasteiger partial charge < -0.3 is 4.90 Å². The number of hydrogen-bond donors (Lipinski definition) is 0. The first kappa shape index (κ1) is 14.8. The topological polar surface area (TPSA) is 56.0 Å². The molecule has 0 aromatic carbocycles. The molecule has 22 heavy (non-hydrogen) atoms. The Kier molecular flexibility index (Phi) is 4.27. The Bertz CT molecular complexity index is 618. The van der Waals surface area contributed by atoms with Crippen molar-refractivity contribution in [3.63, 3.8) is 0 Å². The molecular formula is C16H23N5O. The van der Waals surface area contributed by atoms with Gasteiger partial charge in [-0.05, 0) is 31.4 Å². The van der Waals surface area contributed by atoms with Crippen LogP contribution in [-0.2, 0) is 11.3 Å². The highest BCUT2D eigenvalue weighted by atomic mass is 16.2. The third-order valence-electron chi connectivity index (χ3n) is 4.25. The van der Waals surface area contributed by atoms with E-state index in [0.29, 0.717) is 12.6 Å². The van der Waals surface area contributed by atoms with Crippen molar-refractivity contribution in [1.82, 2.24) is 24.5 Å². The fraction of sp³-hybridized carbons (Fsp3) is 0.562. The van der Waals surface area contributed by atoms with Crippen molar-refractivity contribution in [2.75, 3.05) is 13.1 Å². The van der Waals surface area contributed by atoms with Crippen LogP contribution >= 0.6 is 0 Å². The molecule has 0 aliphatic carbocycles. The minimum absolute atomic E-state index is 0.0574. The maximum absolute atomic E-state index is 12.7. The Labute approximate surface area is 130 Å². The van der Waals surface area contributed by atoms with Crippen LogP contribution in [0.15, 0.2) is 30.9 Å². The molecule has 1 aliphatic heterocycles. The third-order valence-corrected chi connectivity index (χ3v) is 4.25. The number of aryl methyl sites for hydroxylation is 1. The number of carbonyl (C=O) groups excluding carboxylic acids is 1. The monoisotopic (exact) mass is 301 g/mol. The minimum Gasteiger partial charge on any atom is -0.340 e. The fourth-order valence-electron chi connectivity index (χ4n) is 3.08. The molecule has 0 radical (unpaired) electrons. The minimum atomic E-state index is -0.0574. The van der Waals surface area contributed by atoms with Gasteiger partial charge in [0.15, 0.2) is 0 Å². The SMILES string of the molecule is Cc1cnn([C@H]2CCCN(C(=O)[C@H](C)Cn3cccn3)C2)c1. The van der Waals surface area contributed by atoms with Gasteiger partial charge in [0.1, 0.15) is 0 Å². The Morgan fingerprint density at radius 3 is 3.00 bits per heavy atom. The van der Waals surface area contributed by atoms with Crippen LogP contribution in [0.3, 0.4) is 0 Å². The average molecular weight is 301 g/mol. The van der Waals surface area contributed by atoms with Gasteiger partial charge in [0, 0.05) is 31.7 Å². The van der Waals surface area contributed by atoms with Crippen LogP contribution in [0.1, 0.15) is 31.4 Å². The number of hydrogen-bond acceptors (Lipinski definition) is 3. The van der Waals surface area contributed by atoms with E-state index in [1.807, 2.05) is 46.6 Å². The van der Waals surface area contributed by atoms with E-state index in [9.17, 15) is 4.79 Å². The molecule has 0 saturated carbocycles.